The first kappa shape index (κ1) is 32.1. The predicted molar refractivity (Wildman–Crippen MR) is 164 cm³/mol. The maximum absolute atomic E-state index is 14.3. The number of fused-ring (bicyclic) bond motifs is 2. The van der Waals surface area contributed by atoms with Crippen LogP contribution in [0.3, 0.4) is 0 Å². The van der Waals surface area contributed by atoms with Crippen LogP contribution < -0.4 is 4.90 Å². The SMILES string of the molecule is C=C1OC2(CCN(CCC(C(=O)N(C)Cc3ccc(C(F)(F)F)cc3)c3ccc(Cl)c(Cl)c3)CC2)c2cc(F)ccc2N1C. The minimum absolute atomic E-state index is 0.146. The number of hydrogen-bond donors (Lipinski definition) is 0. The van der Waals surface area contributed by atoms with Crippen LogP contribution in [0.2, 0.25) is 10.0 Å². The lowest BCUT2D eigenvalue weighted by molar-refractivity contribution is -0.137. The van der Waals surface area contributed by atoms with E-state index >= 15 is 0 Å². The Balaban J connectivity index is 1.29. The summed E-state index contributed by atoms with van der Waals surface area (Å²) in [6.45, 7) is 6.12. The lowest BCUT2D eigenvalue weighted by atomic mass is 9.81. The first-order valence-corrected chi connectivity index (χ1v) is 15.0. The minimum atomic E-state index is -4.43. The molecule has 0 aromatic heterocycles. The van der Waals surface area contributed by atoms with Gasteiger partial charge in [0.05, 0.1) is 27.2 Å². The normalized spacial score (nSPS) is 17.3. The van der Waals surface area contributed by atoms with Crippen molar-refractivity contribution in [1.29, 1.82) is 0 Å². The number of carbonyl (C=O) groups is 1. The number of likely N-dealkylation sites (N-methyl/N-ethyl adjacent to an activating group) is 1. The van der Waals surface area contributed by atoms with Gasteiger partial charge in [-0.15, -0.1) is 0 Å². The molecule has 11 heteroatoms. The van der Waals surface area contributed by atoms with E-state index in [1.54, 1.807) is 37.4 Å². The summed E-state index contributed by atoms with van der Waals surface area (Å²) >= 11 is 12.5. The summed E-state index contributed by atoms with van der Waals surface area (Å²) < 4.78 is 59.6. The summed E-state index contributed by atoms with van der Waals surface area (Å²) in [5.74, 6) is -0.553. The second-order valence-corrected chi connectivity index (χ2v) is 12.3. The second kappa shape index (κ2) is 12.6. The van der Waals surface area contributed by atoms with Crippen LogP contribution in [-0.2, 0) is 27.9 Å². The van der Waals surface area contributed by atoms with Crippen molar-refractivity contribution in [2.75, 3.05) is 38.6 Å². The number of carbonyl (C=O) groups excluding carboxylic acids is 1. The Morgan fingerprint density at radius 1 is 1.05 bits per heavy atom. The highest BCUT2D eigenvalue weighted by Crippen LogP contribution is 2.47. The number of amides is 1. The fraction of sp³-hybridized carbons (Fsp3) is 0.364. The van der Waals surface area contributed by atoms with Crippen molar-refractivity contribution >= 4 is 34.8 Å². The molecule has 0 radical (unpaired) electrons. The summed E-state index contributed by atoms with van der Waals surface area (Å²) in [6, 6.07) is 14.6. The second-order valence-electron chi connectivity index (χ2n) is 11.5. The number of hydrogen-bond acceptors (Lipinski definition) is 4. The molecule has 1 spiro atoms. The molecule has 3 aromatic rings. The van der Waals surface area contributed by atoms with Crippen LogP contribution in [0, 0.1) is 5.82 Å². The molecule has 0 N–H and O–H groups in total. The molecular weight excluding hydrogens is 617 g/mol. The summed E-state index contributed by atoms with van der Waals surface area (Å²) in [6.07, 6.45) is -2.71. The van der Waals surface area contributed by atoms with Crippen LogP contribution in [-0.4, -0.2) is 49.4 Å². The molecule has 44 heavy (non-hydrogen) atoms. The van der Waals surface area contributed by atoms with Gasteiger partial charge in [0.1, 0.15) is 11.4 Å². The molecule has 1 unspecified atom stereocenters. The number of alkyl halides is 3. The maximum atomic E-state index is 14.3. The summed E-state index contributed by atoms with van der Waals surface area (Å²) in [5, 5.41) is 0.704. The first-order chi connectivity index (χ1) is 20.8. The van der Waals surface area contributed by atoms with E-state index in [1.807, 2.05) is 11.9 Å². The number of halogens is 6. The van der Waals surface area contributed by atoms with Crippen LogP contribution in [0.5, 0.6) is 0 Å². The van der Waals surface area contributed by atoms with E-state index in [4.69, 9.17) is 27.9 Å². The Labute approximate surface area is 264 Å². The first-order valence-electron chi connectivity index (χ1n) is 14.3. The zero-order valence-corrected chi connectivity index (χ0v) is 25.9. The average molecular weight is 651 g/mol. The zero-order valence-electron chi connectivity index (χ0n) is 24.4. The van der Waals surface area contributed by atoms with Crippen molar-refractivity contribution in [2.45, 2.75) is 43.5 Å². The van der Waals surface area contributed by atoms with Gasteiger partial charge in [-0.3, -0.25) is 4.79 Å². The van der Waals surface area contributed by atoms with Gasteiger partial charge in [-0.2, -0.15) is 13.2 Å². The van der Waals surface area contributed by atoms with Gasteiger partial charge in [0.25, 0.3) is 0 Å². The van der Waals surface area contributed by atoms with Crippen LogP contribution in [0.15, 0.2) is 73.1 Å². The predicted octanol–water partition coefficient (Wildman–Crippen LogP) is 8.21. The average Bonchev–Trinajstić information content (AvgIpc) is 2.98. The zero-order chi connectivity index (χ0) is 31.8. The molecule has 2 heterocycles. The molecule has 2 aliphatic heterocycles. The van der Waals surface area contributed by atoms with E-state index in [1.165, 1.54) is 23.1 Å². The van der Waals surface area contributed by atoms with Gasteiger partial charge in [0.15, 0.2) is 5.88 Å². The quantitative estimate of drug-likeness (QED) is 0.242. The maximum Gasteiger partial charge on any atom is 0.416 e. The largest absolute Gasteiger partial charge is 0.468 e. The topological polar surface area (TPSA) is 36.0 Å². The molecule has 1 fully saturated rings. The molecule has 234 valence electrons. The summed E-state index contributed by atoms with van der Waals surface area (Å²) in [5.41, 5.74) is 1.54. The van der Waals surface area contributed by atoms with Gasteiger partial charge in [-0.25, -0.2) is 4.39 Å². The van der Waals surface area contributed by atoms with Crippen molar-refractivity contribution in [3.8, 4) is 0 Å². The molecule has 1 atom stereocenters. The highest BCUT2D eigenvalue weighted by atomic mass is 35.5. The van der Waals surface area contributed by atoms with Crippen molar-refractivity contribution in [3.63, 3.8) is 0 Å². The number of anilines is 1. The van der Waals surface area contributed by atoms with Crippen molar-refractivity contribution in [2.24, 2.45) is 0 Å². The van der Waals surface area contributed by atoms with Gasteiger partial charge in [0.2, 0.25) is 5.91 Å². The third-order valence-corrected chi connectivity index (χ3v) is 9.36. The van der Waals surface area contributed by atoms with E-state index in [-0.39, 0.29) is 18.3 Å². The van der Waals surface area contributed by atoms with Crippen molar-refractivity contribution in [1.82, 2.24) is 9.80 Å². The van der Waals surface area contributed by atoms with E-state index in [2.05, 4.69) is 11.5 Å². The molecular formula is C33H33Cl2F4N3O2. The van der Waals surface area contributed by atoms with Crippen LogP contribution >= 0.6 is 23.2 Å². The third kappa shape index (κ3) is 6.70. The number of ether oxygens (including phenoxy) is 1. The van der Waals surface area contributed by atoms with E-state index in [0.717, 1.165) is 23.4 Å². The number of rotatable bonds is 7. The Morgan fingerprint density at radius 3 is 2.36 bits per heavy atom. The Bertz CT molecular complexity index is 1540. The minimum Gasteiger partial charge on any atom is -0.468 e. The van der Waals surface area contributed by atoms with Gasteiger partial charge in [-0.1, -0.05) is 41.4 Å². The van der Waals surface area contributed by atoms with Crippen LogP contribution in [0.4, 0.5) is 23.2 Å². The van der Waals surface area contributed by atoms with Gasteiger partial charge < -0.3 is 19.4 Å². The third-order valence-electron chi connectivity index (χ3n) is 8.62. The van der Waals surface area contributed by atoms with Gasteiger partial charge in [0, 0.05) is 52.1 Å². The van der Waals surface area contributed by atoms with E-state index < -0.39 is 23.3 Å². The van der Waals surface area contributed by atoms with E-state index in [9.17, 15) is 22.4 Å². The highest BCUT2D eigenvalue weighted by Gasteiger charge is 2.44. The Kier molecular flexibility index (Phi) is 9.21. The highest BCUT2D eigenvalue weighted by molar-refractivity contribution is 6.42. The molecule has 1 saturated heterocycles. The molecule has 0 bridgehead atoms. The molecule has 1 amide bonds. The Morgan fingerprint density at radius 2 is 1.73 bits per heavy atom. The van der Waals surface area contributed by atoms with Crippen molar-refractivity contribution in [3.05, 3.63) is 111 Å². The van der Waals surface area contributed by atoms with Gasteiger partial charge >= 0.3 is 6.18 Å². The fourth-order valence-electron chi connectivity index (χ4n) is 6.05. The van der Waals surface area contributed by atoms with E-state index in [0.29, 0.717) is 66.0 Å². The molecule has 0 aliphatic carbocycles. The number of benzene rings is 3. The van der Waals surface area contributed by atoms with Crippen LogP contribution in [0.25, 0.3) is 0 Å². The molecule has 5 rings (SSSR count). The van der Waals surface area contributed by atoms with Crippen molar-refractivity contribution < 1.29 is 27.1 Å². The lowest BCUT2D eigenvalue weighted by Crippen LogP contribution is -2.48. The monoisotopic (exact) mass is 649 g/mol. The van der Waals surface area contributed by atoms with Gasteiger partial charge in [-0.05, 0) is 73.1 Å². The summed E-state index contributed by atoms with van der Waals surface area (Å²) in [4.78, 5) is 19.4. The smallest absolute Gasteiger partial charge is 0.416 e. The standard InChI is InChI=1S/C33H33Cl2F4N3O2/c1-21-41(3)30-11-9-25(36)19-27(30)32(44-21)13-16-42(17-14-32)15-12-26(23-6-10-28(34)29(35)18-23)31(43)40(2)20-22-4-7-24(8-5-22)33(37,38)39/h4-11,18-19,26H,1,12-17,20H2,2-3H3. The molecule has 5 nitrogen and oxygen atoms in total. The molecule has 3 aromatic carbocycles. The lowest BCUT2D eigenvalue weighted by Gasteiger charge is -2.48. The number of nitrogens with zero attached hydrogens (tertiary/aromatic N) is 3. The summed E-state index contributed by atoms with van der Waals surface area (Å²) in [7, 11) is 3.48. The Hall–Kier alpha value is -3.27. The fourth-order valence-corrected chi connectivity index (χ4v) is 6.36. The molecule has 2 aliphatic rings. The molecule has 0 saturated carbocycles. The number of piperidine rings is 1. The number of likely N-dealkylation sites (tertiary alicyclic amines) is 1. The van der Waals surface area contributed by atoms with Crippen LogP contribution in [0.1, 0.15) is 47.4 Å².